The number of fused-ring (bicyclic) bond motifs is 14. The van der Waals surface area contributed by atoms with Crippen LogP contribution in [0.5, 0.6) is 23.0 Å². The van der Waals surface area contributed by atoms with Crippen molar-refractivity contribution < 1.29 is 19.1 Å². The van der Waals surface area contributed by atoms with E-state index < -0.39 is 0 Å². The summed E-state index contributed by atoms with van der Waals surface area (Å²) in [5.74, 6) is 6.34. The highest BCUT2D eigenvalue weighted by molar-refractivity contribution is 6.14. The first-order valence-electron chi connectivity index (χ1n) is 32.9. The lowest BCUT2D eigenvalue weighted by molar-refractivity contribution is 0.0965. The predicted molar refractivity (Wildman–Crippen MR) is 402 cm³/mol. The van der Waals surface area contributed by atoms with Crippen LogP contribution in [-0.4, -0.2) is 70.8 Å². The van der Waals surface area contributed by atoms with Crippen LogP contribution in [-0.2, 0) is 0 Å². The number of anilines is 4. The monoisotopic (exact) mass is 1330 g/mol. The van der Waals surface area contributed by atoms with Gasteiger partial charge >= 0.3 is 0 Å². The van der Waals surface area contributed by atoms with Crippen LogP contribution in [0.3, 0.4) is 0 Å². The van der Waals surface area contributed by atoms with Crippen molar-refractivity contribution in [1.29, 1.82) is 0 Å². The number of aromatic nitrogens is 12. The maximum Gasteiger partial charge on any atom is 0.265 e. The molecule has 0 atom stereocenters. The van der Waals surface area contributed by atoms with Crippen molar-refractivity contribution in [1.82, 2.24) is 59.0 Å². The van der Waals surface area contributed by atoms with Crippen molar-refractivity contribution in [2.45, 2.75) is 13.8 Å². The number of nitrogens with one attached hydrogen (secondary N) is 4. The van der Waals surface area contributed by atoms with E-state index >= 15 is 0 Å². The number of ether oxygens (including phenoxy) is 2. The van der Waals surface area contributed by atoms with Crippen molar-refractivity contribution in [2.24, 2.45) is 0 Å². The molecule has 0 amide bonds. The third-order valence-electron chi connectivity index (χ3n) is 18.5. The second kappa shape index (κ2) is 23.7. The molecule has 102 heavy (non-hydrogen) atoms. The maximum atomic E-state index is 13.2. The van der Waals surface area contributed by atoms with E-state index in [-0.39, 0.29) is 11.8 Å². The lowest BCUT2D eigenvalue weighted by Crippen LogP contribution is -2.06. The molecule has 20 rings (SSSR count). The lowest BCUT2D eigenvalue weighted by Gasteiger charge is -2.12. The van der Waals surface area contributed by atoms with Gasteiger partial charge < -0.3 is 52.3 Å². The Hall–Kier alpha value is -14.4. The molecule has 8 heterocycles. The zero-order valence-electron chi connectivity index (χ0n) is 54.6. The summed E-state index contributed by atoms with van der Waals surface area (Å²) in [5, 5.41) is 0. The Kier molecular flexibility index (Phi) is 14.0. The van der Waals surface area contributed by atoms with Gasteiger partial charge in [0.25, 0.3) is 11.8 Å². The summed E-state index contributed by atoms with van der Waals surface area (Å²) in [6.07, 6.45) is 0. The summed E-state index contributed by atoms with van der Waals surface area (Å²) >= 11 is 0. The standard InChI is InChI=1S/C42H30N8O.C28H14N4O3.C12H14N4/c1-23-11-17-35-37(19-23)49-41(47-35)29-21-25(13-15-27(29)39-43-31-7-3-4-8-32(31)44-39)51-26-14-16-28(40-45-33-9-5-6-10-34(33)46-40)30(22-26)42-48-36-18-12-24(2)20-38(36)50-42;33-27-19-13-15(9-11-17(19)25-29-21-5-1-3-7-23(21)31(25)27)35-16-10-12-18-20(14-16)28(34)32-24-8-4-2-6-22(24)30-26(18)32;13-9-3-1-7(5-11(9)15)8-2-4-10(14)12(16)6-8/h3-22H,1-2H3,(H,43,44)(H,45,46)(H,47,49)(H,48,50);1-14H;1-6H,13-16H2. The number of aryl methyl sites for hydroxylation is 2. The molecule has 490 valence electrons. The molecule has 12 aromatic carbocycles. The van der Waals surface area contributed by atoms with Gasteiger partial charge in [-0.25, -0.2) is 29.9 Å². The molecule has 0 spiro atoms. The molecule has 2 aliphatic rings. The Labute approximate surface area is 580 Å². The Morgan fingerprint density at radius 3 is 1.14 bits per heavy atom. The SMILES string of the molecule is Cc1ccc2[nH]c(-c3cc(Oc4ccc(-c5nc6ccccc6[nH]5)c(-c5nc6ccc(C)cc6[nH]5)c4)ccc3-c3nc4ccccc4[nH]3)nc2c1.Nc1ccc(-c2ccc(N)c(N)c2)cc1N.O=C1c2cc(Oc3ccc4c(c3)C(=O)n3c-4nc4ccccc43)ccc2-c2nc3ccccc3n21. The number of nitrogens with two attached hydrogens (primary N) is 4. The van der Waals surface area contributed by atoms with Crippen LogP contribution >= 0.6 is 0 Å². The quantitative estimate of drug-likeness (QED) is 0.0623. The zero-order valence-corrected chi connectivity index (χ0v) is 54.6. The van der Waals surface area contributed by atoms with Gasteiger partial charge in [0.15, 0.2) is 0 Å². The van der Waals surface area contributed by atoms with E-state index in [1.807, 2.05) is 188 Å². The van der Waals surface area contributed by atoms with Crippen molar-refractivity contribution in [3.05, 3.63) is 265 Å². The first kappa shape index (κ1) is 60.0. The molecule has 0 fully saturated rings. The molecule has 0 saturated carbocycles. The zero-order chi connectivity index (χ0) is 69.0. The molecule has 20 heteroatoms. The molecule has 0 unspecified atom stereocenters. The molecule has 0 radical (unpaired) electrons. The van der Waals surface area contributed by atoms with Gasteiger partial charge in [-0.2, -0.15) is 0 Å². The third-order valence-corrected chi connectivity index (χ3v) is 18.5. The van der Waals surface area contributed by atoms with Gasteiger partial charge in [-0.05, 0) is 206 Å². The first-order chi connectivity index (χ1) is 49.7. The van der Waals surface area contributed by atoms with E-state index in [2.05, 4.69) is 74.1 Å². The van der Waals surface area contributed by atoms with E-state index in [9.17, 15) is 9.59 Å². The number of aromatic amines is 4. The van der Waals surface area contributed by atoms with E-state index in [1.165, 1.54) is 0 Å². The van der Waals surface area contributed by atoms with Crippen molar-refractivity contribution in [3.8, 4) is 102 Å². The van der Waals surface area contributed by atoms with Crippen LogP contribution in [0.15, 0.2) is 243 Å². The van der Waals surface area contributed by atoms with Gasteiger partial charge in [0.05, 0.1) is 100 Å². The summed E-state index contributed by atoms with van der Waals surface area (Å²) in [7, 11) is 0. The lowest BCUT2D eigenvalue weighted by atomic mass is 10.0. The predicted octanol–water partition coefficient (Wildman–Crippen LogP) is 17.5. The number of H-pyrrole nitrogens is 4. The Balaban J connectivity index is 0.000000125. The van der Waals surface area contributed by atoms with Crippen LogP contribution in [0.4, 0.5) is 22.7 Å². The highest BCUT2D eigenvalue weighted by Gasteiger charge is 2.33. The molecule has 6 aromatic heterocycles. The topological polar surface area (TPSA) is 307 Å². The largest absolute Gasteiger partial charge is 0.457 e. The van der Waals surface area contributed by atoms with Crippen LogP contribution in [0, 0.1) is 13.8 Å². The van der Waals surface area contributed by atoms with Gasteiger partial charge in [-0.3, -0.25) is 18.7 Å². The highest BCUT2D eigenvalue weighted by Crippen LogP contribution is 2.43. The Bertz CT molecular complexity index is 6050. The van der Waals surface area contributed by atoms with Crippen LogP contribution in [0.2, 0.25) is 0 Å². The maximum absolute atomic E-state index is 13.2. The summed E-state index contributed by atoms with van der Waals surface area (Å²) in [6, 6.07) is 77.5. The molecule has 12 N–H and O–H groups in total. The summed E-state index contributed by atoms with van der Waals surface area (Å²) in [6.45, 7) is 4.15. The number of hydrogen-bond donors (Lipinski definition) is 8. The van der Waals surface area contributed by atoms with Crippen molar-refractivity contribution >= 4 is 101 Å². The van der Waals surface area contributed by atoms with Gasteiger partial charge in [0.1, 0.15) is 57.9 Å². The van der Waals surface area contributed by atoms with E-state index in [0.29, 0.717) is 68.5 Å². The Morgan fingerprint density at radius 2 is 0.667 bits per heavy atom. The minimum Gasteiger partial charge on any atom is -0.457 e. The van der Waals surface area contributed by atoms with Crippen molar-refractivity contribution in [2.75, 3.05) is 22.9 Å². The van der Waals surface area contributed by atoms with Crippen LogP contribution in [0.25, 0.3) is 146 Å². The number of imidazole rings is 6. The normalized spacial score (nSPS) is 12.0. The van der Waals surface area contributed by atoms with Crippen molar-refractivity contribution in [3.63, 3.8) is 0 Å². The molecule has 2 aliphatic heterocycles. The number of carbonyl (C=O) groups excluding carboxylic acids is 2. The highest BCUT2D eigenvalue weighted by atomic mass is 16.5. The summed E-state index contributed by atoms with van der Waals surface area (Å²) in [5.41, 5.74) is 46.1. The van der Waals surface area contributed by atoms with Gasteiger partial charge in [-0.1, -0.05) is 72.8 Å². The second-order valence-electron chi connectivity index (χ2n) is 25.3. The minimum atomic E-state index is -0.129. The fraction of sp³-hybridized carbons (Fsp3) is 0.0244. The molecular weight excluding hydrogens is 1270 g/mol. The second-order valence-corrected chi connectivity index (χ2v) is 25.3. The number of carbonyl (C=O) groups is 2. The molecule has 20 nitrogen and oxygen atoms in total. The summed E-state index contributed by atoms with van der Waals surface area (Å²) in [4.78, 5) is 69.5. The average molecular weight is 1330 g/mol. The molecular formula is C82H58N16O4. The van der Waals surface area contributed by atoms with Gasteiger partial charge in [-0.15, -0.1) is 0 Å². The van der Waals surface area contributed by atoms with Gasteiger partial charge in [0, 0.05) is 33.4 Å². The number of rotatable bonds is 9. The van der Waals surface area contributed by atoms with Crippen LogP contribution < -0.4 is 32.4 Å². The van der Waals surface area contributed by atoms with E-state index in [4.69, 9.17) is 52.3 Å². The number of benzene rings is 12. The first-order valence-corrected chi connectivity index (χ1v) is 32.9. The Morgan fingerprint density at radius 1 is 0.294 bits per heavy atom. The molecule has 0 bridgehead atoms. The van der Waals surface area contributed by atoms with Gasteiger partial charge in [0.2, 0.25) is 0 Å². The smallest absolute Gasteiger partial charge is 0.265 e. The molecule has 0 saturated heterocycles. The minimum absolute atomic E-state index is 0.129. The molecule has 18 aromatic rings. The van der Waals surface area contributed by atoms with Crippen LogP contribution in [0.1, 0.15) is 31.8 Å². The fourth-order valence-corrected chi connectivity index (χ4v) is 13.4. The van der Waals surface area contributed by atoms with E-state index in [1.54, 1.807) is 33.4 Å². The summed E-state index contributed by atoms with van der Waals surface area (Å²) < 4.78 is 16.0. The number of nitrogens with zero attached hydrogens (tertiary/aromatic N) is 8. The number of nitrogen functional groups attached to an aromatic ring is 4. The number of para-hydroxylation sites is 8. The number of hydrogen-bond acceptors (Lipinski definition) is 14. The average Bonchev–Trinajstić information content (AvgIpc) is 1.59. The fourth-order valence-electron chi connectivity index (χ4n) is 13.4. The molecule has 0 aliphatic carbocycles. The third kappa shape index (κ3) is 10.5. The van der Waals surface area contributed by atoms with E-state index in [0.717, 1.165) is 145 Å².